The van der Waals surface area contributed by atoms with E-state index >= 15 is 0 Å². The molecule has 22 heavy (non-hydrogen) atoms. The highest BCUT2D eigenvalue weighted by molar-refractivity contribution is 5.15. The van der Waals surface area contributed by atoms with Crippen LogP contribution in [0.4, 0.5) is 0 Å². The van der Waals surface area contributed by atoms with Crippen LogP contribution in [-0.4, -0.2) is 18.3 Å². The summed E-state index contributed by atoms with van der Waals surface area (Å²) >= 11 is 0. The van der Waals surface area contributed by atoms with Gasteiger partial charge in [0.1, 0.15) is 0 Å². The predicted octanol–water partition coefficient (Wildman–Crippen LogP) is 4.89. The lowest BCUT2D eigenvalue weighted by Gasteiger charge is -2.35. The van der Waals surface area contributed by atoms with E-state index in [1.54, 1.807) is 5.57 Å². The second-order valence-electron chi connectivity index (χ2n) is 7.38. The lowest BCUT2D eigenvalue weighted by molar-refractivity contribution is -0.0762. The molecule has 2 atom stereocenters. The third-order valence-corrected chi connectivity index (χ3v) is 4.89. The number of rotatable bonds is 5. The monoisotopic (exact) mass is 300 g/mol. The van der Waals surface area contributed by atoms with Gasteiger partial charge in [-0.25, -0.2) is 0 Å². The SMILES string of the molecule is CC1(C)CCC(CC2=CC(OCc3ccccc3)CC2)CO1. The molecule has 0 radical (unpaired) electrons. The van der Waals surface area contributed by atoms with Gasteiger partial charge in [0.15, 0.2) is 0 Å². The Morgan fingerprint density at radius 1 is 1.18 bits per heavy atom. The smallest absolute Gasteiger partial charge is 0.0766 e. The van der Waals surface area contributed by atoms with Crippen molar-refractivity contribution in [2.75, 3.05) is 6.61 Å². The van der Waals surface area contributed by atoms with Crippen molar-refractivity contribution in [2.24, 2.45) is 5.92 Å². The summed E-state index contributed by atoms with van der Waals surface area (Å²) < 4.78 is 12.0. The number of hydrogen-bond donors (Lipinski definition) is 0. The predicted molar refractivity (Wildman–Crippen MR) is 89.7 cm³/mol. The largest absolute Gasteiger partial charge is 0.375 e. The summed E-state index contributed by atoms with van der Waals surface area (Å²) in [5, 5.41) is 0. The van der Waals surface area contributed by atoms with Gasteiger partial charge in [-0.1, -0.05) is 42.0 Å². The van der Waals surface area contributed by atoms with Crippen LogP contribution in [0.25, 0.3) is 0 Å². The maximum absolute atomic E-state index is 6.03. The summed E-state index contributed by atoms with van der Waals surface area (Å²) in [6.07, 6.45) is 8.67. The fourth-order valence-electron chi connectivity index (χ4n) is 3.42. The van der Waals surface area contributed by atoms with Crippen LogP contribution in [0, 0.1) is 5.92 Å². The number of allylic oxidation sites excluding steroid dienone is 1. The van der Waals surface area contributed by atoms with E-state index in [1.165, 1.54) is 31.2 Å². The van der Waals surface area contributed by atoms with Crippen molar-refractivity contribution in [3.63, 3.8) is 0 Å². The molecule has 2 heteroatoms. The molecule has 0 saturated carbocycles. The summed E-state index contributed by atoms with van der Waals surface area (Å²) in [7, 11) is 0. The van der Waals surface area contributed by atoms with E-state index in [1.807, 2.05) is 6.07 Å². The van der Waals surface area contributed by atoms with E-state index in [9.17, 15) is 0 Å². The Morgan fingerprint density at radius 2 is 2.00 bits per heavy atom. The van der Waals surface area contributed by atoms with Gasteiger partial charge in [0.2, 0.25) is 0 Å². The van der Waals surface area contributed by atoms with Crippen molar-refractivity contribution in [1.29, 1.82) is 0 Å². The molecule has 3 rings (SSSR count). The van der Waals surface area contributed by atoms with E-state index in [4.69, 9.17) is 9.47 Å². The molecule has 1 fully saturated rings. The molecule has 2 nitrogen and oxygen atoms in total. The molecular formula is C20H28O2. The van der Waals surface area contributed by atoms with E-state index in [0.29, 0.717) is 12.0 Å². The summed E-state index contributed by atoms with van der Waals surface area (Å²) in [5.41, 5.74) is 2.92. The average molecular weight is 300 g/mol. The van der Waals surface area contributed by atoms with Crippen molar-refractivity contribution in [3.8, 4) is 0 Å². The topological polar surface area (TPSA) is 18.5 Å². The van der Waals surface area contributed by atoms with Crippen LogP contribution >= 0.6 is 0 Å². The minimum atomic E-state index is 0.0852. The molecular weight excluding hydrogens is 272 g/mol. The van der Waals surface area contributed by atoms with Crippen LogP contribution in [0.5, 0.6) is 0 Å². The quantitative estimate of drug-likeness (QED) is 0.721. The van der Waals surface area contributed by atoms with Gasteiger partial charge >= 0.3 is 0 Å². The Kier molecular flexibility index (Phi) is 5.00. The molecule has 1 heterocycles. The molecule has 1 aliphatic carbocycles. The van der Waals surface area contributed by atoms with Gasteiger partial charge in [-0.3, -0.25) is 0 Å². The second kappa shape index (κ2) is 6.97. The van der Waals surface area contributed by atoms with Gasteiger partial charge in [0, 0.05) is 0 Å². The number of ether oxygens (including phenoxy) is 2. The molecule has 0 spiro atoms. The molecule has 120 valence electrons. The van der Waals surface area contributed by atoms with E-state index in [-0.39, 0.29) is 5.60 Å². The van der Waals surface area contributed by atoms with Gasteiger partial charge in [-0.15, -0.1) is 0 Å². The van der Waals surface area contributed by atoms with E-state index in [2.05, 4.69) is 44.2 Å². The van der Waals surface area contributed by atoms with E-state index < -0.39 is 0 Å². The lowest BCUT2D eigenvalue weighted by Crippen LogP contribution is -2.33. The Bertz CT molecular complexity index is 494. The van der Waals surface area contributed by atoms with Crippen LogP contribution in [0.1, 0.15) is 51.5 Å². The normalized spacial score (nSPS) is 27.6. The fraction of sp³-hybridized carbons (Fsp3) is 0.600. The third-order valence-electron chi connectivity index (χ3n) is 4.89. The van der Waals surface area contributed by atoms with Gasteiger partial charge in [0.25, 0.3) is 0 Å². The summed E-state index contributed by atoms with van der Waals surface area (Å²) in [6.45, 7) is 6.03. The zero-order chi connectivity index (χ0) is 15.4. The molecule has 1 aromatic rings. The molecule has 0 amide bonds. The number of hydrogen-bond acceptors (Lipinski definition) is 2. The highest BCUT2D eigenvalue weighted by atomic mass is 16.5. The van der Waals surface area contributed by atoms with Crippen LogP contribution in [0.2, 0.25) is 0 Å². The lowest BCUT2D eigenvalue weighted by atomic mass is 9.87. The first-order chi connectivity index (χ1) is 10.6. The van der Waals surface area contributed by atoms with Crippen molar-refractivity contribution < 1.29 is 9.47 Å². The first kappa shape index (κ1) is 15.8. The van der Waals surface area contributed by atoms with Crippen molar-refractivity contribution in [3.05, 3.63) is 47.5 Å². The molecule has 0 N–H and O–H groups in total. The first-order valence-corrected chi connectivity index (χ1v) is 8.60. The maximum atomic E-state index is 6.03. The van der Waals surface area contributed by atoms with Crippen molar-refractivity contribution in [1.82, 2.24) is 0 Å². The fourth-order valence-corrected chi connectivity index (χ4v) is 3.42. The molecule has 1 aliphatic heterocycles. The Hall–Kier alpha value is -1.12. The third kappa shape index (κ3) is 4.44. The first-order valence-electron chi connectivity index (χ1n) is 8.60. The highest BCUT2D eigenvalue weighted by Gasteiger charge is 2.28. The molecule has 2 aliphatic rings. The van der Waals surface area contributed by atoms with Gasteiger partial charge < -0.3 is 9.47 Å². The minimum Gasteiger partial charge on any atom is -0.375 e. The van der Waals surface area contributed by atoms with Crippen LogP contribution in [0.15, 0.2) is 42.0 Å². The summed E-state index contributed by atoms with van der Waals surface area (Å²) in [5.74, 6) is 0.701. The van der Waals surface area contributed by atoms with Crippen LogP contribution in [0.3, 0.4) is 0 Å². The Balaban J connectivity index is 1.44. The summed E-state index contributed by atoms with van der Waals surface area (Å²) in [4.78, 5) is 0. The maximum Gasteiger partial charge on any atom is 0.0766 e. The standard InChI is InChI=1S/C20H28O2/c1-20(2)11-10-18(15-22-20)12-17-8-9-19(13-17)21-14-16-6-4-3-5-7-16/h3-7,13,18-19H,8-12,14-15H2,1-2H3. The van der Waals surface area contributed by atoms with E-state index in [0.717, 1.165) is 19.6 Å². The van der Waals surface area contributed by atoms with Crippen molar-refractivity contribution >= 4 is 0 Å². The van der Waals surface area contributed by atoms with Gasteiger partial charge in [0.05, 0.1) is 24.9 Å². The average Bonchev–Trinajstić information content (AvgIpc) is 2.96. The van der Waals surface area contributed by atoms with Crippen LogP contribution < -0.4 is 0 Å². The Morgan fingerprint density at radius 3 is 2.73 bits per heavy atom. The molecule has 1 aromatic carbocycles. The molecule has 0 aromatic heterocycles. The Labute approximate surface area is 134 Å². The number of benzene rings is 1. The van der Waals surface area contributed by atoms with Gasteiger partial charge in [-0.2, -0.15) is 0 Å². The summed E-state index contributed by atoms with van der Waals surface area (Å²) in [6, 6.07) is 10.4. The van der Waals surface area contributed by atoms with Crippen LogP contribution in [-0.2, 0) is 16.1 Å². The molecule has 0 bridgehead atoms. The molecule has 2 unspecified atom stereocenters. The zero-order valence-corrected chi connectivity index (χ0v) is 13.9. The second-order valence-corrected chi connectivity index (χ2v) is 7.38. The highest BCUT2D eigenvalue weighted by Crippen LogP contribution is 2.34. The zero-order valence-electron chi connectivity index (χ0n) is 13.9. The molecule has 1 saturated heterocycles. The van der Waals surface area contributed by atoms with Gasteiger partial charge in [-0.05, 0) is 57.4 Å². The minimum absolute atomic E-state index is 0.0852. The van der Waals surface area contributed by atoms with Crippen molar-refractivity contribution in [2.45, 2.75) is 64.3 Å².